The highest BCUT2D eigenvalue weighted by Gasteiger charge is 2.16. The molecule has 0 bridgehead atoms. The van der Waals surface area contributed by atoms with Gasteiger partial charge in [0.2, 0.25) is 0 Å². The molecule has 0 radical (unpaired) electrons. The second-order valence-corrected chi connectivity index (χ2v) is 5.84. The van der Waals surface area contributed by atoms with Gasteiger partial charge in [0.25, 0.3) is 0 Å². The third kappa shape index (κ3) is 3.20. The second-order valence-electron chi connectivity index (χ2n) is 5.44. The van der Waals surface area contributed by atoms with Crippen molar-refractivity contribution in [3.63, 3.8) is 0 Å². The summed E-state index contributed by atoms with van der Waals surface area (Å²) in [5.74, 6) is 0. The summed E-state index contributed by atoms with van der Waals surface area (Å²) in [6.45, 7) is 5.07. The molecule has 0 saturated carbocycles. The minimum absolute atomic E-state index is 0.0470. The molecule has 1 aliphatic rings. The van der Waals surface area contributed by atoms with Crippen molar-refractivity contribution in [1.29, 1.82) is 0 Å². The summed E-state index contributed by atoms with van der Waals surface area (Å²) >= 11 is 6.24. The van der Waals surface area contributed by atoms with Crippen LogP contribution in [0.3, 0.4) is 0 Å². The van der Waals surface area contributed by atoms with Crippen molar-refractivity contribution in [2.45, 2.75) is 19.9 Å². The van der Waals surface area contributed by atoms with Crippen LogP contribution in [0.15, 0.2) is 18.2 Å². The number of aryl methyl sites for hydroxylation is 1. The summed E-state index contributed by atoms with van der Waals surface area (Å²) in [5, 5.41) is 4.80. The first-order chi connectivity index (χ1) is 10.7. The Bertz CT molecular complexity index is 677. The van der Waals surface area contributed by atoms with Crippen LogP contribution >= 0.6 is 11.6 Å². The number of nitrogens with zero attached hydrogens (tertiary/aromatic N) is 1. The van der Waals surface area contributed by atoms with Gasteiger partial charge in [0, 0.05) is 34.7 Å². The first-order valence-corrected chi connectivity index (χ1v) is 7.95. The molecule has 6 heteroatoms. The fourth-order valence-corrected chi connectivity index (χ4v) is 2.98. The Morgan fingerprint density at radius 3 is 2.86 bits per heavy atom. The number of carbonyl (C=O) groups is 1. The van der Waals surface area contributed by atoms with Crippen LogP contribution in [-0.4, -0.2) is 42.2 Å². The summed E-state index contributed by atoms with van der Waals surface area (Å²) in [5.41, 5.74) is 3.15. The number of morpholine rings is 1. The summed E-state index contributed by atoms with van der Waals surface area (Å²) in [6.07, 6.45) is 0.900. The van der Waals surface area contributed by atoms with Gasteiger partial charge in [-0.3, -0.25) is 0 Å². The Kier molecular flexibility index (Phi) is 4.55. The third-order valence-corrected chi connectivity index (χ3v) is 4.30. The molecule has 1 aromatic heterocycles. The molecule has 2 N–H and O–H groups in total. The van der Waals surface area contributed by atoms with Gasteiger partial charge in [0.05, 0.1) is 19.8 Å². The number of rotatable bonds is 3. The van der Waals surface area contributed by atoms with Crippen LogP contribution < -0.4 is 5.32 Å². The van der Waals surface area contributed by atoms with Crippen molar-refractivity contribution in [2.24, 2.45) is 0 Å². The average molecular weight is 322 g/mol. The molecular formula is C16H20ClN3O2. The fourth-order valence-electron chi connectivity index (χ4n) is 2.67. The van der Waals surface area contributed by atoms with Gasteiger partial charge in [0.15, 0.2) is 0 Å². The molecule has 1 saturated heterocycles. The molecule has 0 aliphatic carbocycles. The van der Waals surface area contributed by atoms with Crippen LogP contribution in [0.5, 0.6) is 0 Å². The van der Waals surface area contributed by atoms with E-state index in [2.05, 4.69) is 23.3 Å². The zero-order valence-electron chi connectivity index (χ0n) is 12.6. The molecule has 0 atom stereocenters. The number of hydrogen-bond acceptors (Lipinski definition) is 2. The van der Waals surface area contributed by atoms with Gasteiger partial charge in [-0.05, 0) is 30.2 Å². The fraction of sp³-hybridized carbons (Fsp3) is 0.438. The molecule has 2 amide bonds. The van der Waals surface area contributed by atoms with Crippen molar-refractivity contribution in [2.75, 3.05) is 26.3 Å². The molecule has 3 rings (SSSR count). The van der Waals surface area contributed by atoms with Gasteiger partial charge >= 0.3 is 6.03 Å². The van der Waals surface area contributed by atoms with E-state index in [-0.39, 0.29) is 6.03 Å². The van der Waals surface area contributed by atoms with E-state index >= 15 is 0 Å². The molecule has 2 aromatic rings. The summed E-state index contributed by atoms with van der Waals surface area (Å²) in [4.78, 5) is 17.2. The van der Waals surface area contributed by atoms with Crippen molar-refractivity contribution < 1.29 is 9.53 Å². The topological polar surface area (TPSA) is 57.4 Å². The van der Waals surface area contributed by atoms with Gasteiger partial charge in [-0.15, -0.1) is 0 Å². The molecular weight excluding hydrogens is 302 g/mol. The molecule has 1 aromatic carbocycles. The summed E-state index contributed by atoms with van der Waals surface area (Å²) < 4.78 is 5.25. The number of ether oxygens (including phenoxy) is 1. The van der Waals surface area contributed by atoms with Crippen LogP contribution in [0.4, 0.5) is 4.79 Å². The van der Waals surface area contributed by atoms with Crippen LogP contribution in [0.1, 0.15) is 18.2 Å². The maximum atomic E-state index is 12.1. The Balaban J connectivity index is 1.67. The van der Waals surface area contributed by atoms with Crippen molar-refractivity contribution in [3.8, 4) is 0 Å². The van der Waals surface area contributed by atoms with E-state index in [1.165, 1.54) is 0 Å². The van der Waals surface area contributed by atoms with Crippen molar-refractivity contribution in [1.82, 2.24) is 15.2 Å². The van der Waals surface area contributed by atoms with Gasteiger partial charge < -0.3 is 19.9 Å². The van der Waals surface area contributed by atoms with Crippen molar-refractivity contribution >= 4 is 28.5 Å². The SMILES string of the molecule is CCc1cc2[nH]c(CNC(=O)N3CCOCC3)cc2cc1Cl. The van der Waals surface area contributed by atoms with Crippen LogP contribution in [0, 0.1) is 0 Å². The van der Waals surface area contributed by atoms with E-state index in [1.807, 2.05) is 12.1 Å². The first kappa shape index (κ1) is 15.2. The lowest BCUT2D eigenvalue weighted by Gasteiger charge is -2.26. The highest BCUT2D eigenvalue weighted by Crippen LogP contribution is 2.25. The normalized spacial score (nSPS) is 15.3. The Morgan fingerprint density at radius 1 is 1.36 bits per heavy atom. The number of fused-ring (bicyclic) bond motifs is 1. The van der Waals surface area contributed by atoms with E-state index in [0.29, 0.717) is 32.8 Å². The smallest absolute Gasteiger partial charge is 0.317 e. The molecule has 118 valence electrons. The van der Waals surface area contributed by atoms with E-state index in [9.17, 15) is 4.79 Å². The average Bonchev–Trinajstić information content (AvgIpc) is 2.94. The maximum Gasteiger partial charge on any atom is 0.317 e. The van der Waals surface area contributed by atoms with Crippen LogP contribution in [-0.2, 0) is 17.7 Å². The number of aromatic nitrogens is 1. The lowest BCUT2D eigenvalue weighted by molar-refractivity contribution is 0.0531. The number of amides is 2. The van der Waals surface area contributed by atoms with E-state index < -0.39 is 0 Å². The predicted octanol–water partition coefficient (Wildman–Crippen LogP) is 2.93. The Labute approximate surface area is 134 Å². The van der Waals surface area contributed by atoms with E-state index in [4.69, 9.17) is 16.3 Å². The number of aromatic amines is 1. The predicted molar refractivity (Wildman–Crippen MR) is 87.3 cm³/mol. The number of benzene rings is 1. The minimum atomic E-state index is -0.0470. The Hall–Kier alpha value is -1.72. The molecule has 5 nitrogen and oxygen atoms in total. The number of nitrogens with one attached hydrogen (secondary N) is 2. The largest absolute Gasteiger partial charge is 0.378 e. The summed E-state index contributed by atoms with van der Waals surface area (Å²) in [6, 6.07) is 6.03. The van der Waals surface area contributed by atoms with E-state index in [0.717, 1.165) is 33.6 Å². The molecule has 1 fully saturated rings. The quantitative estimate of drug-likeness (QED) is 0.913. The minimum Gasteiger partial charge on any atom is -0.378 e. The number of H-pyrrole nitrogens is 1. The third-order valence-electron chi connectivity index (χ3n) is 3.95. The van der Waals surface area contributed by atoms with Gasteiger partial charge in [-0.2, -0.15) is 0 Å². The monoisotopic (exact) mass is 321 g/mol. The number of urea groups is 1. The number of hydrogen-bond donors (Lipinski definition) is 2. The molecule has 0 spiro atoms. The maximum absolute atomic E-state index is 12.1. The number of carbonyl (C=O) groups excluding carboxylic acids is 1. The highest BCUT2D eigenvalue weighted by atomic mass is 35.5. The second kappa shape index (κ2) is 6.58. The molecule has 2 heterocycles. The van der Waals surface area contributed by atoms with Crippen LogP contribution in [0.2, 0.25) is 5.02 Å². The lowest BCUT2D eigenvalue weighted by atomic mass is 10.1. The first-order valence-electron chi connectivity index (χ1n) is 7.58. The van der Waals surface area contributed by atoms with Crippen LogP contribution in [0.25, 0.3) is 10.9 Å². The number of halogens is 1. The molecule has 22 heavy (non-hydrogen) atoms. The van der Waals surface area contributed by atoms with Gasteiger partial charge in [0.1, 0.15) is 0 Å². The lowest BCUT2D eigenvalue weighted by Crippen LogP contribution is -2.45. The molecule has 1 aliphatic heterocycles. The van der Waals surface area contributed by atoms with Gasteiger partial charge in [-0.25, -0.2) is 4.79 Å². The standard InChI is InChI=1S/C16H20ClN3O2/c1-2-11-9-15-12(8-14(11)17)7-13(19-15)10-18-16(21)20-3-5-22-6-4-20/h7-9,19H,2-6,10H2,1H3,(H,18,21). The van der Waals surface area contributed by atoms with E-state index in [1.54, 1.807) is 4.90 Å². The Morgan fingerprint density at radius 2 is 2.14 bits per heavy atom. The highest BCUT2D eigenvalue weighted by molar-refractivity contribution is 6.32. The van der Waals surface area contributed by atoms with Crippen molar-refractivity contribution in [3.05, 3.63) is 34.5 Å². The summed E-state index contributed by atoms with van der Waals surface area (Å²) in [7, 11) is 0. The zero-order valence-corrected chi connectivity index (χ0v) is 13.4. The molecule has 0 unspecified atom stereocenters. The van der Waals surface area contributed by atoms with Gasteiger partial charge in [-0.1, -0.05) is 18.5 Å². The zero-order chi connectivity index (χ0) is 15.5.